The van der Waals surface area contributed by atoms with Gasteiger partial charge in [0.25, 0.3) is 5.91 Å². The van der Waals surface area contributed by atoms with Crippen molar-refractivity contribution in [3.63, 3.8) is 0 Å². The van der Waals surface area contributed by atoms with Gasteiger partial charge in [-0.3, -0.25) is 4.79 Å². The highest BCUT2D eigenvalue weighted by molar-refractivity contribution is 7.92. The molecule has 3 N–H and O–H groups in total. The van der Waals surface area contributed by atoms with Crippen LogP contribution in [0.1, 0.15) is 0 Å². The van der Waals surface area contributed by atoms with Crippen molar-refractivity contribution in [2.24, 2.45) is 0 Å². The van der Waals surface area contributed by atoms with E-state index in [2.05, 4.69) is 5.32 Å². The molecular weight excluding hydrogens is 188 g/mol. The summed E-state index contributed by atoms with van der Waals surface area (Å²) in [5.74, 6) is -0.187. The summed E-state index contributed by atoms with van der Waals surface area (Å²) >= 11 is -1.22. The molecule has 1 atom stereocenters. The lowest BCUT2D eigenvalue weighted by Crippen LogP contribution is -2.29. The monoisotopic (exact) mass is 196 g/mol. The predicted molar refractivity (Wildman–Crippen MR) is 50.8 cm³/mol. The van der Waals surface area contributed by atoms with Gasteiger partial charge in [-0.2, -0.15) is 0 Å². The van der Waals surface area contributed by atoms with Crippen molar-refractivity contribution in [1.82, 2.24) is 0 Å². The zero-order valence-corrected chi connectivity index (χ0v) is 7.56. The third kappa shape index (κ3) is 1.48. The number of nitrogens with one attached hydrogen (secondary N) is 1. The summed E-state index contributed by atoms with van der Waals surface area (Å²) < 4.78 is 11.4. The van der Waals surface area contributed by atoms with Crippen LogP contribution in [0.3, 0.4) is 0 Å². The topological polar surface area (TPSA) is 78.2 Å². The molecular formula is C8H8N2O2S. The van der Waals surface area contributed by atoms with E-state index in [1.54, 1.807) is 18.2 Å². The molecule has 13 heavy (non-hydrogen) atoms. The van der Waals surface area contributed by atoms with Crippen molar-refractivity contribution >= 4 is 28.5 Å². The largest absolute Gasteiger partial charge is 0.611 e. The number of fused-ring (bicyclic) bond motifs is 1. The second-order valence-corrected chi connectivity index (χ2v) is 4.21. The van der Waals surface area contributed by atoms with Crippen LogP contribution < -0.4 is 11.1 Å². The Bertz CT molecular complexity index is 367. The quantitative estimate of drug-likeness (QED) is 0.463. The molecule has 1 aliphatic rings. The number of hydrogen-bond acceptors (Lipinski definition) is 3. The summed E-state index contributed by atoms with van der Waals surface area (Å²) in [5.41, 5.74) is 6.64. The summed E-state index contributed by atoms with van der Waals surface area (Å²) in [6.07, 6.45) is 0. The summed E-state index contributed by atoms with van der Waals surface area (Å²) in [5, 5.41) is 2.62. The molecule has 68 valence electrons. The number of nitrogen functional groups attached to an aromatic ring is 1. The zero-order valence-electron chi connectivity index (χ0n) is 6.74. The fraction of sp³-hybridized carbons (Fsp3) is 0.125. The van der Waals surface area contributed by atoms with Gasteiger partial charge in [0.1, 0.15) is 0 Å². The summed E-state index contributed by atoms with van der Waals surface area (Å²) in [4.78, 5) is 11.6. The maximum Gasteiger partial charge on any atom is 0.274 e. The molecule has 0 aromatic heterocycles. The van der Waals surface area contributed by atoms with Crippen LogP contribution >= 0.6 is 0 Å². The maximum atomic E-state index is 11.4. The molecule has 2 rings (SSSR count). The normalized spacial score (nSPS) is 20.7. The average Bonchev–Trinajstić information content (AvgIpc) is 2.02. The van der Waals surface area contributed by atoms with Crippen LogP contribution in [0.2, 0.25) is 0 Å². The van der Waals surface area contributed by atoms with Crippen molar-refractivity contribution in [2.45, 2.75) is 4.90 Å². The molecule has 0 bridgehead atoms. The molecule has 0 spiro atoms. The first-order valence-electron chi connectivity index (χ1n) is 3.74. The molecule has 0 radical (unpaired) electrons. The third-order valence-electron chi connectivity index (χ3n) is 1.79. The molecule has 0 saturated carbocycles. The van der Waals surface area contributed by atoms with Crippen molar-refractivity contribution in [3.05, 3.63) is 18.2 Å². The summed E-state index contributed by atoms with van der Waals surface area (Å²) in [7, 11) is 0. The van der Waals surface area contributed by atoms with Gasteiger partial charge in [0.05, 0.1) is 5.69 Å². The molecule has 5 heteroatoms. The second kappa shape index (κ2) is 2.93. The van der Waals surface area contributed by atoms with Gasteiger partial charge in [-0.15, -0.1) is 0 Å². The molecule has 0 saturated heterocycles. The Morgan fingerprint density at radius 2 is 2.31 bits per heavy atom. The van der Waals surface area contributed by atoms with E-state index in [9.17, 15) is 9.35 Å². The average molecular weight is 196 g/mol. The first-order chi connectivity index (χ1) is 6.16. The van der Waals surface area contributed by atoms with E-state index < -0.39 is 11.2 Å². The lowest BCUT2D eigenvalue weighted by Gasteiger charge is -2.19. The summed E-state index contributed by atoms with van der Waals surface area (Å²) in [6, 6.07) is 4.97. The van der Waals surface area contributed by atoms with Crippen molar-refractivity contribution in [2.75, 3.05) is 16.8 Å². The van der Waals surface area contributed by atoms with Crippen LogP contribution in [0.15, 0.2) is 23.1 Å². The number of amides is 1. The standard InChI is InChI=1S/C8H8N2O2S/c9-5-1-2-7-6(3-5)10-8(11)4-13(7)12/h1-3H,4,9H2,(H,10,11). The fourth-order valence-electron chi connectivity index (χ4n) is 1.23. The molecule has 1 aromatic carbocycles. The predicted octanol–water partition coefficient (Wildman–Crippen LogP) is 0.329. The van der Waals surface area contributed by atoms with Gasteiger partial charge in [-0.05, 0) is 29.4 Å². The number of carbonyl (C=O) groups is 1. The molecule has 1 heterocycles. The van der Waals surface area contributed by atoms with Crippen LogP contribution in [-0.2, 0) is 16.0 Å². The fourth-order valence-corrected chi connectivity index (χ4v) is 2.27. The van der Waals surface area contributed by atoms with E-state index in [1.807, 2.05) is 0 Å². The van der Waals surface area contributed by atoms with Crippen molar-refractivity contribution < 1.29 is 9.35 Å². The number of benzene rings is 1. The molecule has 1 aromatic rings. The van der Waals surface area contributed by atoms with Crippen molar-refractivity contribution in [1.29, 1.82) is 0 Å². The number of carbonyl (C=O) groups excluding carboxylic acids is 1. The van der Waals surface area contributed by atoms with Gasteiger partial charge >= 0.3 is 0 Å². The first kappa shape index (κ1) is 8.40. The smallest absolute Gasteiger partial charge is 0.274 e. The molecule has 1 amide bonds. The highest BCUT2D eigenvalue weighted by Gasteiger charge is 2.26. The first-order valence-corrected chi connectivity index (χ1v) is 5.06. The van der Waals surface area contributed by atoms with E-state index >= 15 is 0 Å². The minimum Gasteiger partial charge on any atom is -0.611 e. The van der Waals surface area contributed by atoms with Gasteiger partial charge in [0.15, 0.2) is 10.6 Å². The van der Waals surface area contributed by atoms with Crippen molar-refractivity contribution in [3.8, 4) is 0 Å². The Balaban J connectivity index is 2.49. The number of nitrogens with two attached hydrogens (primary N) is 1. The van der Waals surface area contributed by atoms with Crippen LogP contribution in [0.5, 0.6) is 0 Å². The van der Waals surface area contributed by atoms with E-state index in [0.29, 0.717) is 16.3 Å². The van der Waals surface area contributed by atoms with Crippen LogP contribution in [-0.4, -0.2) is 16.2 Å². The summed E-state index contributed by atoms with van der Waals surface area (Å²) in [6.45, 7) is 0. The van der Waals surface area contributed by atoms with Gasteiger partial charge < -0.3 is 15.6 Å². The number of hydrogen-bond donors (Lipinski definition) is 2. The highest BCUT2D eigenvalue weighted by Crippen LogP contribution is 2.28. The molecule has 0 fully saturated rings. The Hall–Kier alpha value is -1.20. The van der Waals surface area contributed by atoms with Crippen LogP contribution in [0.4, 0.5) is 11.4 Å². The highest BCUT2D eigenvalue weighted by atomic mass is 32.2. The minimum atomic E-state index is -1.22. The van der Waals surface area contributed by atoms with E-state index in [0.717, 1.165) is 0 Å². The maximum absolute atomic E-state index is 11.4. The zero-order chi connectivity index (χ0) is 9.42. The minimum absolute atomic E-state index is 0.0386. The molecule has 0 aliphatic carbocycles. The van der Waals surface area contributed by atoms with E-state index in [4.69, 9.17) is 5.73 Å². The van der Waals surface area contributed by atoms with Crippen LogP contribution in [0, 0.1) is 0 Å². The molecule has 1 aliphatic heterocycles. The van der Waals surface area contributed by atoms with E-state index in [-0.39, 0.29) is 11.7 Å². The Morgan fingerprint density at radius 3 is 3.08 bits per heavy atom. The number of anilines is 2. The van der Waals surface area contributed by atoms with Crippen LogP contribution in [0.25, 0.3) is 0 Å². The van der Waals surface area contributed by atoms with E-state index in [1.165, 1.54) is 0 Å². The molecule has 4 nitrogen and oxygen atoms in total. The van der Waals surface area contributed by atoms with Gasteiger partial charge in [0.2, 0.25) is 0 Å². The molecule has 1 unspecified atom stereocenters. The third-order valence-corrected chi connectivity index (χ3v) is 3.16. The lowest BCUT2D eigenvalue weighted by molar-refractivity contribution is -0.114. The second-order valence-electron chi connectivity index (χ2n) is 2.79. The van der Waals surface area contributed by atoms with Gasteiger partial charge in [-0.25, -0.2) is 0 Å². The Labute approximate surface area is 78.3 Å². The number of rotatable bonds is 0. The van der Waals surface area contributed by atoms with Gasteiger partial charge in [-0.1, -0.05) is 0 Å². The Morgan fingerprint density at radius 1 is 1.54 bits per heavy atom. The van der Waals surface area contributed by atoms with Gasteiger partial charge in [0, 0.05) is 5.69 Å². The Kier molecular flexibility index (Phi) is 1.90. The lowest BCUT2D eigenvalue weighted by atomic mass is 10.3. The SMILES string of the molecule is Nc1ccc2c(c1)NC(=O)C[S+]2[O-].